The second kappa shape index (κ2) is 12.1. The normalized spacial score (nSPS) is 10.3. The van der Waals surface area contributed by atoms with Crippen LogP contribution in [0.25, 0.3) is 6.08 Å². The van der Waals surface area contributed by atoms with E-state index < -0.39 is 11.8 Å². The van der Waals surface area contributed by atoms with E-state index in [0.717, 1.165) is 12.0 Å². The zero-order valence-corrected chi connectivity index (χ0v) is 18.0. The number of anilines is 1. The average Bonchev–Trinajstić information content (AvgIpc) is 2.77. The van der Waals surface area contributed by atoms with Crippen LogP contribution in [0.5, 0.6) is 5.75 Å². The third-order valence-corrected chi connectivity index (χ3v) is 4.19. The Morgan fingerprint density at radius 1 is 1.03 bits per heavy atom. The Balaban J connectivity index is 1.81. The Morgan fingerprint density at radius 3 is 2.42 bits per heavy atom. The van der Waals surface area contributed by atoms with Gasteiger partial charge in [-0.2, -0.15) is 0 Å². The molecule has 4 N–H and O–H groups in total. The minimum Gasteiger partial charge on any atom is -0.496 e. The van der Waals surface area contributed by atoms with E-state index in [-0.39, 0.29) is 11.0 Å². The van der Waals surface area contributed by atoms with Gasteiger partial charge in [0.2, 0.25) is 11.8 Å². The van der Waals surface area contributed by atoms with Crippen LogP contribution in [0.1, 0.15) is 35.7 Å². The summed E-state index contributed by atoms with van der Waals surface area (Å²) in [6.45, 7) is 1.92. The summed E-state index contributed by atoms with van der Waals surface area (Å²) >= 11 is 5.01. The van der Waals surface area contributed by atoms with Gasteiger partial charge in [0, 0.05) is 29.3 Å². The molecule has 0 radical (unpaired) electrons. The highest BCUT2D eigenvalue weighted by molar-refractivity contribution is 7.80. The van der Waals surface area contributed by atoms with Gasteiger partial charge in [-0.1, -0.05) is 25.1 Å². The second-order valence-corrected chi connectivity index (χ2v) is 6.76. The molecular weight excluding hydrogens is 416 g/mol. The number of thiocarbonyl (C=S) groups is 1. The lowest BCUT2D eigenvalue weighted by molar-refractivity contribution is -0.116. The van der Waals surface area contributed by atoms with Crippen LogP contribution >= 0.6 is 12.2 Å². The summed E-state index contributed by atoms with van der Waals surface area (Å²) in [5, 5.41) is 5.11. The molecule has 9 heteroatoms. The van der Waals surface area contributed by atoms with Crippen molar-refractivity contribution >= 4 is 46.8 Å². The quantitative estimate of drug-likeness (QED) is 0.300. The zero-order valence-electron chi connectivity index (χ0n) is 17.2. The predicted octanol–water partition coefficient (Wildman–Crippen LogP) is 2.78. The molecule has 3 amide bonds. The molecular formula is C22H24N4O4S. The number of rotatable bonds is 7. The molecule has 31 heavy (non-hydrogen) atoms. The first-order chi connectivity index (χ1) is 14.9. The minimum atomic E-state index is -0.468. The maximum absolute atomic E-state index is 12.2. The number of ether oxygens (including phenoxy) is 1. The predicted molar refractivity (Wildman–Crippen MR) is 123 cm³/mol. The van der Waals surface area contributed by atoms with E-state index in [1.54, 1.807) is 49.6 Å². The maximum Gasteiger partial charge on any atom is 0.269 e. The highest BCUT2D eigenvalue weighted by Gasteiger charge is 2.08. The third-order valence-electron chi connectivity index (χ3n) is 3.99. The molecule has 0 atom stereocenters. The number of para-hydroxylation sites is 1. The first kappa shape index (κ1) is 23.6. The number of benzene rings is 2. The lowest BCUT2D eigenvalue weighted by Gasteiger charge is -2.10. The van der Waals surface area contributed by atoms with Crippen LogP contribution in [0, 0.1) is 0 Å². The average molecular weight is 441 g/mol. The molecule has 8 nitrogen and oxygen atoms in total. The molecule has 0 heterocycles. The molecule has 0 aliphatic carbocycles. The van der Waals surface area contributed by atoms with Gasteiger partial charge >= 0.3 is 0 Å². The van der Waals surface area contributed by atoms with Crippen molar-refractivity contribution in [2.45, 2.75) is 19.8 Å². The molecule has 0 saturated carbocycles. The SMILES string of the molecule is CCCC(=O)Nc1ccc(C(=O)NNC(=S)NC(=O)C=Cc2ccccc2OC)cc1. The molecule has 0 aliphatic rings. The van der Waals surface area contributed by atoms with Crippen molar-refractivity contribution in [1.29, 1.82) is 0 Å². The zero-order chi connectivity index (χ0) is 22.6. The van der Waals surface area contributed by atoms with Gasteiger partial charge in [-0.15, -0.1) is 0 Å². The van der Waals surface area contributed by atoms with Gasteiger partial charge in [0.05, 0.1) is 7.11 Å². The number of carbonyl (C=O) groups is 3. The summed E-state index contributed by atoms with van der Waals surface area (Å²) in [5.41, 5.74) is 6.56. The van der Waals surface area contributed by atoms with Crippen molar-refractivity contribution in [2.75, 3.05) is 12.4 Å². The Morgan fingerprint density at radius 2 is 1.74 bits per heavy atom. The Bertz CT molecular complexity index is 974. The first-order valence-electron chi connectivity index (χ1n) is 9.55. The van der Waals surface area contributed by atoms with Crippen LogP contribution in [-0.4, -0.2) is 29.9 Å². The molecule has 0 spiro atoms. The van der Waals surface area contributed by atoms with E-state index >= 15 is 0 Å². The fourth-order valence-corrected chi connectivity index (χ4v) is 2.65. The number of methoxy groups -OCH3 is 1. The summed E-state index contributed by atoms with van der Waals surface area (Å²) in [6.07, 6.45) is 4.09. The summed E-state index contributed by atoms with van der Waals surface area (Å²) in [5.74, 6) is -0.366. The van der Waals surface area contributed by atoms with Crippen molar-refractivity contribution in [3.8, 4) is 5.75 Å². The summed E-state index contributed by atoms with van der Waals surface area (Å²) in [4.78, 5) is 35.8. The molecule has 0 aliphatic heterocycles. The van der Waals surface area contributed by atoms with Crippen molar-refractivity contribution in [2.24, 2.45) is 0 Å². The summed E-state index contributed by atoms with van der Waals surface area (Å²) in [6, 6.07) is 13.6. The summed E-state index contributed by atoms with van der Waals surface area (Å²) in [7, 11) is 1.55. The van der Waals surface area contributed by atoms with Crippen molar-refractivity contribution in [3.05, 3.63) is 65.7 Å². The number of amides is 3. The van der Waals surface area contributed by atoms with Gasteiger partial charge in [-0.3, -0.25) is 30.6 Å². The monoisotopic (exact) mass is 440 g/mol. The van der Waals surface area contributed by atoms with Gasteiger partial charge in [0.1, 0.15) is 5.75 Å². The van der Waals surface area contributed by atoms with Gasteiger partial charge < -0.3 is 10.1 Å². The molecule has 0 saturated heterocycles. The number of nitrogens with one attached hydrogen (secondary N) is 4. The highest BCUT2D eigenvalue weighted by Crippen LogP contribution is 2.18. The third kappa shape index (κ3) is 7.90. The van der Waals surface area contributed by atoms with Gasteiger partial charge in [-0.05, 0) is 55.0 Å². The number of carbonyl (C=O) groups excluding carboxylic acids is 3. The molecule has 2 aromatic carbocycles. The largest absolute Gasteiger partial charge is 0.496 e. The van der Waals surface area contributed by atoms with Crippen LogP contribution < -0.4 is 26.2 Å². The lowest BCUT2D eigenvalue weighted by atomic mass is 10.2. The Kier molecular flexibility index (Phi) is 9.18. The van der Waals surface area contributed by atoms with Crippen molar-refractivity contribution in [3.63, 3.8) is 0 Å². The van der Waals surface area contributed by atoms with Gasteiger partial charge in [0.15, 0.2) is 5.11 Å². The van der Waals surface area contributed by atoms with Crippen LogP contribution in [0.2, 0.25) is 0 Å². The van der Waals surface area contributed by atoms with E-state index in [0.29, 0.717) is 23.4 Å². The number of hydrogen-bond donors (Lipinski definition) is 4. The van der Waals surface area contributed by atoms with Gasteiger partial charge in [0.25, 0.3) is 5.91 Å². The van der Waals surface area contributed by atoms with Crippen LogP contribution in [0.4, 0.5) is 5.69 Å². The van der Waals surface area contributed by atoms with E-state index in [4.69, 9.17) is 17.0 Å². The minimum absolute atomic E-state index is 0.0634. The molecule has 2 aromatic rings. The lowest BCUT2D eigenvalue weighted by Crippen LogP contribution is -2.48. The van der Waals surface area contributed by atoms with Crippen molar-refractivity contribution in [1.82, 2.24) is 16.2 Å². The number of hydrazine groups is 1. The fraction of sp³-hybridized carbons (Fsp3) is 0.182. The molecule has 162 valence electrons. The molecule has 0 aromatic heterocycles. The van der Waals surface area contributed by atoms with E-state index in [1.165, 1.54) is 6.08 Å². The van der Waals surface area contributed by atoms with Gasteiger partial charge in [-0.25, -0.2) is 0 Å². The molecule has 2 rings (SSSR count). The Labute approximate surface area is 186 Å². The standard InChI is InChI=1S/C22H24N4O4S/c1-3-6-19(27)23-17-12-9-16(10-13-17)21(29)25-26-22(31)24-20(28)14-11-15-7-4-5-8-18(15)30-2/h4-5,7-14H,3,6H2,1-2H3,(H,23,27)(H,25,29)(H2,24,26,28,31). The number of hydrogen-bond acceptors (Lipinski definition) is 5. The van der Waals surface area contributed by atoms with E-state index in [2.05, 4.69) is 21.5 Å². The highest BCUT2D eigenvalue weighted by atomic mass is 32.1. The topological polar surface area (TPSA) is 109 Å². The first-order valence-corrected chi connectivity index (χ1v) is 9.96. The summed E-state index contributed by atoms with van der Waals surface area (Å²) < 4.78 is 5.21. The smallest absolute Gasteiger partial charge is 0.269 e. The molecule has 0 fully saturated rings. The van der Waals surface area contributed by atoms with Crippen LogP contribution in [0.15, 0.2) is 54.6 Å². The molecule has 0 unspecified atom stereocenters. The second-order valence-electron chi connectivity index (χ2n) is 6.35. The molecule has 0 bridgehead atoms. The fourth-order valence-electron chi connectivity index (χ4n) is 2.50. The van der Waals surface area contributed by atoms with Crippen molar-refractivity contribution < 1.29 is 19.1 Å². The van der Waals surface area contributed by atoms with E-state index in [9.17, 15) is 14.4 Å². The van der Waals surface area contributed by atoms with Crippen LogP contribution in [-0.2, 0) is 9.59 Å². The Hall–Kier alpha value is -3.72. The van der Waals surface area contributed by atoms with Crippen LogP contribution in [0.3, 0.4) is 0 Å². The van der Waals surface area contributed by atoms with E-state index in [1.807, 2.05) is 19.1 Å². The maximum atomic E-state index is 12.2.